The van der Waals surface area contributed by atoms with Crippen LogP contribution in [0.5, 0.6) is 0 Å². The number of hydrogen-bond acceptors (Lipinski definition) is 5. The first-order chi connectivity index (χ1) is 17.2. The molecule has 1 saturated heterocycles. The Hall–Kier alpha value is -2.92. The molecular formula is C25H28F3N6OS+. The molecular weight excluding hydrogens is 489 g/mol. The number of nitrogens with zero attached hydrogens (tertiary/aromatic N) is 4. The molecule has 36 heavy (non-hydrogen) atoms. The van der Waals surface area contributed by atoms with Gasteiger partial charge in [0.15, 0.2) is 0 Å². The van der Waals surface area contributed by atoms with Crippen LogP contribution >= 0.6 is 11.8 Å². The van der Waals surface area contributed by atoms with Gasteiger partial charge in [0.2, 0.25) is 0 Å². The van der Waals surface area contributed by atoms with Crippen LogP contribution in [0.25, 0.3) is 11.4 Å². The standard InChI is InChI=1S/C25H27F3N6OS/c1-33-22(17-5-8-20(21(29)35)30-14-17)31-32-23(33)36-12-2-10-34-11-9-24(15-34)13-19(24)16-3-6-18(7-4-16)25(26,27)28/h3-8,14,19H,2,9-13,15H2,1H3,(H2,29,35)/p+1. The average Bonchev–Trinajstić information content (AvgIpc) is 3.20. The van der Waals surface area contributed by atoms with Crippen molar-refractivity contribution < 1.29 is 22.5 Å². The summed E-state index contributed by atoms with van der Waals surface area (Å²) in [7, 11) is 1.93. The Morgan fingerprint density at radius 1 is 1.28 bits per heavy atom. The minimum absolute atomic E-state index is 0.219. The third kappa shape index (κ3) is 4.99. The minimum Gasteiger partial charge on any atom is -0.364 e. The molecule has 1 spiro atoms. The fraction of sp³-hybridized carbons (Fsp3) is 0.440. The van der Waals surface area contributed by atoms with Crippen molar-refractivity contribution in [3.8, 4) is 11.4 Å². The minimum atomic E-state index is -4.29. The van der Waals surface area contributed by atoms with Crippen LogP contribution in [0.1, 0.15) is 46.8 Å². The number of halogens is 3. The second-order valence-corrected chi connectivity index (χ2v) is 10.7. The Bertz CT molecular complexity index is 1240. The van der Waals surface area contributed by atoms with E-state index in [4.69, 9.17) is 5.73 Å². The van der Waals surface area contributed by atoms with Gasteiger partial charge in [0.1, 0.15) is 5.69 Å². The van der Waals surface area contributed by atoms with Crippen molar-refractivity contribution in [1.82, 2.24) is 20.1 Å². The zero-order valence-corrected chi connectivity index (χ0v) is 20.7. The molecule has 3 N–H and O–H groups in total. The summed E-state index contributed by atoms with van der Waals surface area (Å²) in [4.78, 5) is 17.8. The second-order valence-electron chi connectivity index (χ2n) is 9.68. The number of primary amides is 1. The monoisotopic (exact) mass is 517 g/mol. The molecule has 1 aliphatic heterocycles. The highest BCUT2D eigenvalue weighted by Gasteiger charge is 2.57. The van der Waals surface area contributed by atoms with Crippen LogP contribution < -0.4 is 10.3 Å². The third-order valence-corrected chi connectivity index (χ3v) is 8.43. The molecule has 1 saturated carbocycles. The number of aromatic amines is 1. The van der Waals surface area contributed by atoms with Gasteiger partial charge in [-0.3, -0.25) is 9.78 Å². The summed E-state index contributed by atoms with van der Waals surface area (Å²) in [5.41, 5.74) is 6.96. The number of carbonyl (C=O) groups is 1. The molecule has 2 aliphatic rings. The van der Waals surface area contributed by atoms with E-state index in [1.165, 1.54) is 12.1 Å². The molecule has 5 rings (SSSR count). The fourth-order valence-corrected chi connectivity index (χ4v) is 6.07. The summed E-state index contributed by atoms with van der Waals surface area (Å²) in [6.07, 6.45) is 0.492. The normalized spacial score (nSPS) is 21.8. The predicted octanol–water partition coefficient (Wildman–Crippen LogP) is 3.78. The van der Waals surface area contributed by atoms with Gasteiger partial charge in [-0.1, -0.05) is 12.1 Å². The van der Waals surface area contributed by atoms with Crippen molar-refractivity contribution in [2.75, 3.05) is 25.4 Å². The van der Waals surface area contributed by atoms with Gasteiger partial charge < -0.3 is 10.6 Å². The Morgan fingerprint density at radius 3 is 2.72 bits per heavy atom. The van der Waals surface area contributed by atoms with Gasteiger partial charge in [-0.2, -0.15) is 13.2 Å². The molecule has 0 bridgehead atoms. The number of benzene rings is 1. The van der Waals surface area contributed by atoms with E-state index in [1.807, 2.05) is 11.6 Å². The maximum Gasteiger partial charge on any atom is 0.416 e. The Kier molecular flexibility index (Phi) is 6.54. The van der Waals surface area contributed by atoms with Gasteiger partial charge in [-0.05, 0) is 85.3 Å². The van der Waals surface area contributed by atoms with Gasteiger partial charge in [0, 0.05) is 18.5 Å². The van der Waals surface area contributed by atoms with Gasteiger partial charge in [-0.25, -0.2) is 4.57 Å². The van der Waals surface area contributed by atoms with Crippen molar-refractivity contribution in [3.05, 3.63) is 59.4 Å². The van der Waals surface area contributed by atoms with Crippen molar-refractivity contribution in [2.45, 2.75) is 36.5 Å². The zero-order chi connectivity index (χ0) is 25.5. The van der Waals surface area contributed by atoms with Crippen LogP contribution in [0.15, 0.2) is 47.8 Å². The number of likely N-dealkylation sites (tertiary alicyclic amines) is 1. The number of amides is 1. The largest absolute Gasteiger partial charge is 0.416 e. The van der Waals surface area contributed by atoms with Crippen molar-refractivity contribution >= 4 is 17.7 Å². The summed E-state index contributed by atoms with van der Waals surface area (Å²) >= 11 is 1.68. The smallest absolute Gasteiger partial charge is 0.364 e. The van der Waals surface area contributed by atoms with Gasteiger partial charge >= 0.3 is 11.3 Å². The Balaban J connectivity index is 1.09. The first-order valence-electron chi connectivity index (χ1n) is 11.9. The second kappa shape index (κ2) is 9.51. The number of hydrogen-bond donors (Lipinski definition) is 2. The number of H-pyrrole nitrogens is 1. The fourth-order valence-electron chi connectivity index (χ4n) is 5.21. The van der Waals surface area contributed by atoms with Crippen LogP contribution in [-0.2, 0) is 13.2 Å². The number of thioether (sulfide) groups is 1. The highest BCUT2D eigenvalue weighted by atomic mass is 32.2. The molecule has 1 amide bonds. The van der Waals surface area contributed by atoms with E-state index >= 15 is 0 Å². The maximum absolute atomic E-state index is 12.8. The maximum atomic E-state index is 12.8. The molecule has 190 valence electrons. The number of nitrogens with one attached hydrogen (secondary N) is 1. The number of rotatable bonds is 8. The quantitative estimate of drug-likeness (QED) is 0.270. The first kappa shape index (κ1) is 24.8. The Morgan fingerprint density at radius 2 is 2.06 bits per heavy atom. The van der Waals surface area contributed by atoms with Crippen LogP contribution in [0.3, 0.4) is 0 Å². The van der Waals surface area contributed by atoms with E-state index < -0.39 is 17.6 Å². The number of carbonyl (C=O) groups excluding carboxylic acids is 1. The summed E-state index contributed by atoms with van der Waals surface area (Å²) in [6, 6.07) is 9.10. The third-order valence-electron chi connectivity index (χ3n) is 7.31. The number of nitrogens with two attached hydrogens (primary N) is 1. The summed E-state index contributed by atoms with van der Waals surface area (Å²) in [5.74, 6) is 1.52. The van der Waals surface area contributed by atoms with Gasteiger partial charge in [-0.15, -0.1) is 5.10 Å². The lowest BCUT2D eigenvalue weighted by Crippen LogP contribution is -2.31. The summed E-state index contributed by atoms with van der Waals surface area (Å²) in [6.45, 7) is 3.04. The van der Waals surface area contributed by atoms with E-state index in [2.05, 4.69) is 20.1 Å². The van der Waals surface area contributed by atoms with E-state index in [0.29, 0.717) is 5.92 Å². The zero-order valence-electron chi connectivity index (χ0n) is 19.9. The van der Waals surface area contributed by atoms with Gasteiger partial charge in [0.05, 0.1) is 23.3 Å². The highest BCUT2D eigenvalue weighted by molar-refractivity contribution is 7.99. The molecule has 11 heteroatoms. The number of pyridine rings is 1. The molecule has 2 atom stereocenters. The summed E-state index contributed by atoms with van der Waals surface area (Å²) < 4.78 is 40.5. The average molecular weight is 518 g/mol. The van der Waals surface area contributed by atoms with Crippen molar-refractivity contribution in [3.63, 3.8) is 0 Å². The molecule has 0 radical (unpaired) electrons. The highest BCUT2D eigenvalue weighted by Crippen LogP contribution is 2.64. The SMILES string of the molecule is C[n+]1c(SCCCN2CCC3(CC3c3ccc(C(F)(F)F)cc3)C2)n[nH]c1-c1ccc(C(N)=O)nc1. The predicted molar refractivity (Wildman–Crippen MR) is 129 cm³/mol. The Labute approximate surface area is 211 Å². The van der Waals surface area contributed by atoms with E-state index in [-0.39, 0.29) is 11.1 Å². The molecule has 7 nitrogen and oxygen atoms in total. The van der Waals surface area contributed by atoms with Crippen molar-refractivity contribution in [2.24, 2.45) is 18.2 Å². The van der Waals surface area contributed by atoms with Crippen LogP contribution in [-0.4, -0.2) is 51.4 Å². The molecule has 1 aromatic carbocycles. The lowest BCUT2D eigenvalue weighted by atomic mass is 9.97. The number of alkyl halides is 3. The molecule has 3 heterocycles. The molecule has 2 aromatic heterocycles. The topological polar surface area (TPSA) is 91.8 Å². The van der Waals surface area contributed by atoms with Crippen LogP contribution in [0.4, 0.5) is 13.2 Å². The number of aromatic nitrogens is 4. The molecule has 2 fully saturated rings. The molecule has 3 aromatic rings. The first-order valence-corrected chi connectivity index (χ1v) is 12.9. The lowest BCUT2D eigenvalue weighted by Gasteiger charge is -2.16. The van der Waals surface area contributed by atoms with Gasteiger partial charge in [0.25, 0.3) is 11.7 Å². The van der Waals surface area contributed by atoms with E-state index in [0.717, 1.165) is 66.8 Å². The van der Waals surface area contributed by atoms with E-state index in [9.17, 15) is 18.0 Å². The molecule has 2 unspecified atom stereocenters. The van der Waals surface area contributed by atoms with Crippen LogP contribution in [0.2, 0.25) is 0 Å². The van der Waals surface area contributed by atoms with Crippen molar-refractivity contribution in [1.29, 1.82) is 0 Å². The van der Waals surface area contributed by atoms with Crippen LogP contribution in [0, 0.1) is 5.41 Å². The summed E-state index contributed by atoms with van der Waals surface area (Å²) in [5, 5.41) is 8.32. The lowest BCUT2D eigenvalue weighted by molar-refractivity contribution is -0.698. The molecule has 1 aliphatic carbocycles. The van der Waals surface area contributed by atoms with E-state index in [1.54, 1.807) is 42.2 Å².